The summed E-state index contributed by atoms with van der Waals surface area (Å²) in [7, 11) is 0. The zero-order chi connectivity index (χ0) is 19.4. The first-order valence-electron chi connectivity index (χ1n) is 9.99. The highest BCUT2D eigenvalue weighted by Gasteiger charge is 2.42. The van der Waals surface area contributed by atoms with Gasteiger partial charge in [-0.25, -0.2) is 4.79 Å². The van der Waals surface area contributed by atoms with E-state index in [-0.39, 0.29) is 17.8 Å². The van der Waals surface area contributed by atoms with Crippen molar-refractivity contribution in [2.45, 2.75) is 57.8 Å². The molecule has 27 heavy (non-hydrogen) atoms. The molecular weight excluding hydrogens is 342 g/mol. The van der Waals surface area contributed by atoms with Crippen LogP contribution in [0.5, 0.6) is 0 Å². The summed E-state index contributed by atoms with van der Waals surface area (Å²) in [6, 6.07) is 7.40. The topological polar surface area (TPSA) is 78.5 Å². The van der Waals surface area contributed by atoms with Crippen molar-refractivity contribution in [1.29, 1.82) is 0 Å². The van der Waals surface area contributed by atoms with Gasteiger partial charge in [-0.3, -0.25) is 14.9 Å². The van der Waals surface area contributed by atoms with Crippen LogP contribution in [-0.2, 0) is 15.0 Å². The van der Waals surface area contributed by atoms with Crippen molar-refractivity contribution in [3.63, 3.8) is 0 Å². The molecule has 2 aliphatic rings. The molecule has 1 aromatic rings. The average molecular weight is 371 g/mol. The number of urea groups is 1. The van der Waals surface area contributed by atoms with E-state index in [2.05, 4.69) is 17.6 Å². The fraction of sp³-hybridized carbons (Fsp3) is 0.571. The smallest absolute Gasteiger partial charge is 0.321 e. The van der Waals surface area contributed by atoms with E-state index in [1.165, 1.54) is 6.42 Å². The molecule has 6 heteroatoms. The number of hydrogen-bond acceptors (Lipinski definition) is 3. The number of imide groups is 1. The maximum atomic E-state index is 12.5. The molecule has 2 saturated heterocycles. The van der Waals surface area contributed by atoms with Gasteiger partial charge in [0, 0.05) is 25.2 Å². The van der Waals surface area contributed by atoms with Crippen LogP contribution in [0.4, 0.5) is 10.5 Å². The first-order chi connectivity index (χ1) is 13.0. The molecule has 0 aromatic heterocycles. The van der Waals surface area contributed by atoms with Crippen LogP contribution < -0.4 is 10.6 Å². The van der Waals surface area contributed by atoms with Crippen molar-refractivity contribution in [1.82, 2.24) is 10.2 Å². The lowest BCUT2D eigenvalue weighted by Gasteiger charge is -2.35. The molecular formula is C21H29N3O3. The Balaban J connectivity index is 1.69. The third-order valence-electron chi connectivity index (χ3n) is 6.14. The number of amides is 4. The van der Waals surface area contributed by atoms with Crippen molar-refractivity contribution in [2.75, 3.05) is 18.4 Å². The number of piperidine rings is 2. The largest absolute Gasteiger partial charge is 0.324 e. The fourth-order valence-electron chi connectivity index (χ4n) is 4.22. The molecule has 0 aliphatic carbocycles. The van der Waals surface area contributed by atoms with E-state index in [4.69, 9.17) is 0 Å². The van der Waals surface area contributed by atoms with Crippen LogP contribution in [0.3, 0.4) is 0 Å². The Bertz CT molecular complexity index is 716. The number of likely N-dealkylation sites (tertiary alicyclic amines) is 1. The molecule has 4 amide bonds. The number of nitrogens with zero attached hydrogens (tertiary/aromatic N) is 1. The Morgan fingerprint density at radius 1 is 1.26 bits per heavy atom. The normalized spacial score (nSPS) is 25.9. The SMILES string of the molecule is CCC1CCCN(C(=O)Nc2ccc(C3(CC)CCC(=O)NC3=O)cc2)C1. The highest BCUT2D eigenvalue weighted by molar-refractivity contribution is 6.03. The maximum Gasteiger partial charge on any atom is 0.321 e. The Labute approximate surface area is 160 Å². The van der Waals surface area contributed by atoms with E-state index >= 15 is 0 Å². The number of rotatable bonds is 4. The first-order valence-corrected chi connectivity index (χ1v) is 9.99. The van der Waals surface area contributed by atoms with Gasteiger partial charge in [0.1, 0.15) is 0 Å². The van der Waals surface area contributed by atoms with Crippen molar-refractivity contribution >= 4 is 23.5 Å². The molecule has 2 atom stereocenters. The van der Waals surface area contributed by atoms with Crippen LogP contribution in [-0.4, -0.2) is 35.8 Å². The third kappa shape index (κ3) is 3.99. The van der Waals surface area contributed by atoms with Gasteiger partial charge in [0.05, 0.1) is 5.41 Å². The van der Waals surface area contributed by atoms with Gasteiger partial charge in [-0.15, -0.1) is 0 Å². The molecule has 2 aliphatic heterocycles. The number of carbonyl (C=O) groups is 3. The summed E-state index contributed by atoms with van der Waals surface area (Å²) in [6.07, 6.45) is 4.85. The first kappa shape index (κ1) is 19.4. The van der Waals surface area contributed by atoms with Crippen LogP contribution in [0.15, 0.2) is 24.3 Å². The number of hydrogen-bond donors (Lipinski definition) is 2. The predicted octanol–water partition coefficient (Wildman–Crippen LogP) is 3.42. The molecule has 0 saturated carbocycles. The number of benzene rings is 1. The minimum atomic E-state index is -0.669. The lowest BCUT2D eigenvalue weighted by Crippen LogP contribution is -2.51. The van der Waals surface area contributed by atoms with Gasteiger partial charge in [-0.05, 0) is 49.3 Å². The van der Waals surface area contributed by atoms with Gasteiger partial charge in [-0.2, -0.15) is 0 Å². The molecule has 3 rings (SSSR count). The minimum Gasteiger partial charge on any atom is -0.324 e. The number of anilines is 1. The quantitative estimate of drug-likeness (QED) is 0.796. The Kier molecular flexibility index (Phi) is 5.82. The van der Waals surface area contributed by atoms with Crippen LogP contribution in [0.25, 0.3) is 0 Å². The molecule has 1 aromatic carbocycles. The van der Waals surface area contributed by atoms with Gasteiger partial charge in [0.15, 0.2) is 0 Å². The van der Waals surface area contributed by atoms with Crippen LogP contribution >= 0.6 is 0 Å². The summed E-state index contributed by atoms with van der Waals surface area (Å²) >= 11 is 0. The summed E-state index contributed by atoms with van der Waals surface area (Å²) in [5.74, 6) is 0.153. The minimum absolute atomic E-state index is 0.0629. The molecule has 2 heterocycles. The highest BCUT2D eigenvalue weighted by Crippen LogP contribution is 2.36. The Morgan fingerprint density at radius 3 is 2.63 bits per heavy atom. The summed E-state index contributed by atoms with van der Waals surface area (Å²) in [4.78, 5) is 38.4. The van der Waals surface area contributed by atoms with Gasteiger partial charge in [-0.1, -0.05) is 32.4 Å². The van der Waals surface area contributed by atoms with Crippen LogP contribution in [0.2, 0.25) is 0 Å². The standard InChI is InChI=1S/C21H29N3O3/c1-3-15-6-5-13-24(14-15)20(27)22-17-9-7-16(8-10-17)21(4-2)12-11-18(25)23-19(21)26/h7-10,15H,3-6,11-14H2,1-2H3,(H,22,27)(H,23,25,26). The van der Waals surface area contributed by atoms with Crippen molar-refractivity contribution < 1.29 is 14.4 Å². The van der Waals surface area contributed by atoms with E-state index < -0.39 is 5.41 Å². The summed E-state index contributed by atoms with van der Waals surface area (Å²) in [5, 5.41) is 5.43. The highest BCUT2D eigenvalue weighted by atomic mass is 16.2. The summed E-state index contributed by atoms with van der Waals surface area (Å²) in [6.45, 7) is 5.75. The van der Waals surface area contributed by atoms with E-state index in [0.717, 1.165) is 37.2 Å². The van der Waals surface area contributed by atoms with E-state index in [1.807, 2.05) is 36.1 Å². The van der Waals surface area contributed by atoms with Gasteiger partial charge >= 0.3 is 6.03 Å². The molecule has 6 nitrogen and oxygen atoms in total. The van der Waals surface area contributed by atoms with Crippen molar-refractivity contribution in [2.24, 2.45) is 5.92 Å². The molecule has 0 bridgehead atoms. The Morgan fingerprint density at radius 2 is 2.00 bits per heavy atom. The Hall–Kier alpha value is -2.37. The molecule has 146 valence electrons. The average Bonchev–Trinajstić information content (AvgIpc) is 2.69. The van der Waals surface area contributed by atoms with Gasteiger partial charge in [0.2, 0.25) is 11.8 Å². The zero-order valence-electron chi connectivity index (χ0n) is 16.2. The third-order valence-corrected chi connectivity index (χ3v) is 6.14. The second-order valence-electron chi connectivity index (χ2n) is 7.68. The lowest BCUT2D eigenvalue weighted by atomic mass is 9.72. The second kappa shape index (κ2) is 8.11. The van der Waals surface area contributed by atoms with Gasteiger partial charge < -0.3 is 10.2 Å². The van der Waals surface area contributed by atoms with E-state index in [0.29, 0.717) is 25.2 Å². The van der Waals surface area contributed by atoms with Crippen LogP contribution in [0, 0.1) is 5.92 Å². The lowest BCUT2D eigenvalue weighted by molar-refractivity contribution is -0.138. The van der Waals surface area contributed by atoms with Crippen LogP contribution in [0.1, 0.15) is 57.9 Å². The second-order valence-corrected chi connectivity index (χ2v) is 7.68. The van der Waals surface area contributed by atoms with E-state index in [1.54, 1.807) is 0 Å². The summed E-state index contributed by atoms with van der Waals surface area (Å²) < 4.78 is 0. The monoisotopic (exact) mass is 371 g/mol. The molecule has 2 fully saturated rings. The fourth-order valence-corrected chi connectivity index (χ4v) is 4.22. The molecule has 0 radical (unpaired) electrons. The van der Waals surface area contributed by atoms with Crippen molar-refractivity contribution in [3.8, 4) is 0 Å². The predicted molar refractivity (Wildman–Crippen MR) is 104 cm³/mol. The molecule has 2 unspecified atom stereocenters. The number of nitrogens with one attached hydrogen (secondary N) is 2. The molecule has 2 N–H and O–H groups in total. The molecule has 0 spiro atoms. The van der Waals surface area contributed by atoms with Crippen molar-refractivity contribution in [3.05, 3.63) is 29.8 Å². The summed E-state index contributed by atoms with van der Waals surface area (Å²) in [5.41, 5.74) is 0.940. The number of carbonyl (C=O) groups excluding carboxylic acids is 3. The van der Waals surface area contributed by atoms with E-state index in [9.17, 15) is 14.4 Å². The van der Waals surface area contributed by atoms with Gasteiger partial charge in [0.25, 0.3) is 0 Å². The zero-order valence-corrected chi connectivity index (χ0v) is 16.2. The maximum absolute atomic E-state index is 12.5.